The molecule has 1 aromatic rings. The van der Waals surface area contributed by atoms with Crippen molar-refractivity contribution in [3.8, 4) is 5.75 Å². The topological polar surface area (TPSA) is 56.8 Å². The van der Waals surface area contributed by atoms with Crippen molar-refractivity contribution in [3.05, 3.63) is 29.8 Å². The number of carbonyl (C=O) groups is 1. The molecule has 1 unspecified atom stereocenters. The van der Waals surface area contributed by atoms with Gasteiger partial charge in [0.2, 0.25) is 0 Å². The molecule has 5 nitrogen and oxygen atoms in total. The summed E-state index contributed by atoms with van der Waals surface area (Å²) in [5.74, 6) is 0.497. The van der Waals surface area contributed by atoms with Crippen LogP contribution < -0.4 is 10.1 Å². The van der Waals surface area contributed by atoms with Gasteiger partial charge in [-0.3, -0.25) is 4.79 Å². The number of hydrogen-bond donors (Lipinski definition) is 1. The molecule has 5 heteroatoms. The second-order valence-electron chi connectivity index (χ2n) is 5.97. The van der Waals surface area contributed by atoms with E-state index >= 15 is 0 Å². The maximum atomic E-state index is 12.3. The quantitative estimate of drug-likeness (QED) is 0.711. The molecule has 1 amide bonds. The maximum Gasteiger partial charge on any atom is 0.255 e. The molecule has 1 aliphatic heterocycles. The van der Waals surface area contributed by atoms with E-state index in [2.05, 4.69) is 5.32 Å². The third-order valence-corrected chi connectivity index (χ3v) is 3.64. The van der Waals surface area contributed by atoms with Gasteiger partial charge in [0, 0.05) is 19.8 Å². The lowest BCUT2D eigenvalue weighted by Crippen LogP contribution is -2.26. The Hall–Kier alpha value is -1.59. The average molecular weight is 321 g/mol. The summed E-state index contributed by atoms with van der Waals surface area (Å²) < 4.78 is 16.8. The smallest absolute Gasteiger partial charge is 0.255 e. The zero-order valence-electron chi connectivity index (χ0n) is 14.0. The second-order valence-corrected chi connectivity index (χ2v) is 5.97. The van der Waals surface area contributed by atoms with Gasteiger partial charge in [0.15, 0.2) is 0 Å². The van der Waals surface area contributed by atoms with Gasteiger partial charge in [0.25, 0.3) is 5.91 Å². The summed E-state index contributed by atoms with van der Waals surface area (Å²) in [6.07, 6.45) is 3.25. The largest absolute Gasteiger partial charge is 0.490 e. The normalized spacial score (nSPS) is 17.4. The van der Waals surface area contributed by atoms with E-state index in [9.17, 15) is 4.79 Å². The number of para-hydroxylation sites is 1. The molecular weight excluding hydrogens is 294 g/mol. The van der Waals surface area contributed by atoms with Crippen molar-refractivity contribution in [2.45, 2.75) is 45.3 Å². The van der Waals surface area contributed by atoms with Gasteiger partial charge in [0.1, 0.15) is 12.4 Å². The fourth-order valence-corrected chi connectivity index (χ4v) is 2.43. The van der Waals surface area contributed by atoms with Crippen LogP contribution in [0.25, 0.3) is 0 Å². The van der Waals surface area contributed by atoms with E-state index in [0.717, 1.165) is 25.9 Å². The summed E-state index contributed by atoms with van der Waals surface area (Å²) in [5, 5.41) is 2.91. The molecule has 128 valence electrons. The van der Waals surface area contributed by atoms with E-state index < -0.39 is 0 Å². The number of hydrogen-bond acceptors (Lipinski definition) is 4. The van der Waals surface area contributed by atoms with Crippen molar-refractivity contribution < 1.29 is 19.0 Å². The lowest BCUT2D eigenvalue weighted by atomic mass is 10.2. The van der Waals surface area contributed by atoms with Gasteiger partial charge in [-0.25, -0.2) is 0 Å². The fraction of sp³-hybridized carbons (Fsp3) is 0.611. The van der Waals surface area contributed by atoms with Crippen molar-refractivity contribution >= 4 is 5.91 Å². The zero-order valence-corrected chi connectivity index (χ0v) is 14.0. The fourth-order valence-electron chi connectivity index (χ4n) is 2.43. The van der Waals surface area contributed by atoms with Crippen LogP contribution >= 0.6 is 0 Å². The standard InChI is InChI=1S/C18H27NO4/c1-14(2)21-12-6-10-19-18(20)16-8-3-4-9-17(16)23-13-15-7-5-11-22-15/h3-4,8-9,14-15H,5-7,10-13H2,1-2H3,(H,19,20). The second kappa shape index (κ2) is 9.53. The van der Waals surface area contributed by atoms with E-state index in [0.29, 0.717) is 31.1 Å². The van der Waals surface area contributed by atoms with Crippen LogP contribution in [0.4, 0.5) is 0 Å². The van der Waals surface area contributed by atoms with Crippen LogP contribution in [-0.4, -0.2) is 44.5 Å². The molecule has 1 fully saturated rings. The van der Waals surface area contributed by atoms with Crippen molar-refractivity contribution in [1.29, 1.82) is 0 Å². The molecule has 0 aromatic heterocycles. The molecule has 0 radical (unpaired) electrons. The third kappa shape index (κ3) is 6.20. The predicted octanol–water partition coefficient (Wildman–Crippen LogP) is 2.79. The van der Waals surface area contributed by atoms with Crippen LogP contribution in [0, 0.1) is 0 Å². The van der Waals surface area contributed by atoms with Crippen molar-refractivity contribution in [3.63, 3.8) is 0 Å². The Morgan fingerprint density at radius 3 is 2.96 bits per heavy atom. The third-order valence-electron chi connectivity index (χ3n) is 3.64. The van der Waals surface area contributed by atoms with Gasteiger partial charge in [-0.15, -0.1) is 0 Å². The van der Waals surface area contributed by atoms with E-state index in [1.165, 1.54) is 0 Å². The van der Waals surface area contributed by atoms with Gasteiger partial charge in [-0.1, -0.05) is 12.1 Å². The molecule has 1 heterocycles. The molecule has 1 aliphatic rings. The summed E-state index contributed by atoms with van der Waals surface area (Å²) in [6.45, 7) is 6.53. The summed E-state index contributed by atoms with van der Waals surface area (Å²) >= 11 is 0. The van der Waals surface area contributed by atoms with E-state index in [-0.39, 0.29) is 18.1 Å². The van der Waals surface area contributed by atoms with Crippen molar-refractivity contribution in [2.24, 2.45) is 0 Å². The number of ether oxygens (including phenoxy) is 3. The Bertz CT molecular complexity index is 484. The Kier molecular flexibility index (Phi) is 7.36. The highest BCUT2D eigenvalue weighted by molar-refractivity contribution is 5.96. The molecule has 0 aliphatic carbocycles. The first-order valence-electron chi connectivity index (χ1n) is 8.40. The summed E-state index contributed by atoms with van der Waals surface area (Å²) in [4.78, 5) is 12.3. The van der Waals surface area contributed by atoms with E-state index in [1.807, 2.05) is 32.0 Å². The van der Waals surface area contributed by atoms with Crippen LogP contribution in [0.5, 0.6) is 5.75 Å². The Balaban J connectivity index is 1.79. The Morgan fingerprint density at radius 2 is 2.22 bits per heavy atom. The summed E-state index contributed by atoms with van der Waals surface area (Å²) in [6, 6.07) is 7.32. The minimum Gasteiger partial charge on any atom is -0.490 e. The minimum absolute atomic E-state index is 0.113. The number of rotatable bonds is 9. The van der Waals surface area contributed by atoms with Crippen LogP contribution in [0.2, 0.25) is 0 Å². The lowest BCUT2D eigenvalue weighted by Gasteiger charge is -2.14. The van der Waals surface area contributed by atoms with Gasteiger partial charge < -0.3 is 19.5 Å². The average Bonchev–Trinajstić information content (AvgIpc) is 3.06. The van der Waals surface area contributed by atoms with E-state index in [4.69, 9.17) is 14.2 Å². The van der Waals surface area contributed by atoms with Gasteiger partial charge in [-0.2, -0.15) is 0 Å². The molecule has 1 atom stereocenters. The Labute approximate surface area is 138 Å². The van der Waals surface area contributed by atoms with Crippen molar-refractivity contribution in [2.75, 3.05) is 26.4 Å². The highest BCUT2D eigenvalue weighted by Crippen LogP contribution is 2.20. The van der Waals surface area contributed by atoms with Gasteiger partial charge in [0.05, 0.1) is 17.8 Å². The highest BCUT2D eigenvalue weighted by atomic mass is 16.5. The van der Waals surface area contributed by atoms with Gasteiger partial charge >= 0.3 is 0 Å². The zero-order chi connectivity index (χ0) is 16.5. The van der Waals surface area contributed by atoms with Crippen LogP contribution in [0.3, 0.4) is 0 Å². The predicted molar refractivity (Wildman–Crippen MR) is 88.9 cm³/mol. The first kappa shape index (κ1) is 17.8. The molecule has 23 heavy (non-hydrogen) atoms. The molecule has 0 spiro atoms. The highest BCUT2D eigenvalue weighted by Gasteiger charge is 2.18. The lowest BCUT2D eigenvalue weighted by molar-refractivity contribution is 0.0668. The molecular formula is C18H27NO4. The van der Waals surface area contributed by atoms with Crippen LogP contribution in [0.1, 0.15) is 43.5 Å². The Morgan fingerprint density at radius 1 is 1.39 bits per heavy atom. The summed E-state index contributed by atoms with van der Waals surface area (Å²) in [5.41, 5.74) is 0.565. The van der Waals surface area contributed by atoms with E-state index in [1.54, 1.807) is 6.07 Å². The molecule has 0 saturated carbocycles. The number of amides is 1. The molecule has 1 aromatic carbocycles. The van der Waals surface area contributed by atoms with Gasteiger partial charge in [-0.05, 0) is 45.2 Å². The maximum absolute atomic E-state index is 12.3. The summed E-state index contributed by atoms with van der Waals surface area (Å²) in [7, 11) is 0. The molecule has 2 rings (SSSR count). The molecule has 1 saturated heterocycles. The first-order chi connectivity index (χ1) is 11.2. The monoisotopic (exact) mass is 321 g/mol. The van der Waals surface area contributed by atoms with Crippen LogP contribution in [-0.2, 0) is 9.47 Å². The molecule has 0 bridgehead atoms. The number of carbonyl (C=O) groups excluding carboxylic acids is 1. The number of nitrogens with one attached hydrogen (secondary N) is 1. The SMILES string of the molecule is CC(C)OCCCNC(=O)c1ccccc1OCC1CCCO1. The minimum atomic E-state index is -0.113. The van der Waals surface area contributed by atoms with Crippen molar-refractivity contribution in [1.82, 2.24) is 5.32 Å². The molecule has 1 N–H and O–H groups in total. The number of benzene rings is 1. The van der Waals surface area contributed by atoms with Crippen LogP contribution in [0.15, 0.2) is 24.3 Å². The first-order valence-corrected chi connectivity index (χ1v) is 8.40.